The summed E-state index contributed by atoms with van der Waals surface area (Å²) in [6.45, 7) is 8.72. The molecule has 1 heterocycles. The van der Waals surface area contributed by atoms with Crippen molar-refractivity contribution in [1.29, 1.82) is 0 Å². The SMILES string of the molecule is C=c1cc2c(cc1Br)=C(c1ccccc1C(=O)OCCCCCC)c1cc(Br)c(C)cc1O2. The normalized spacial score (nSPS) is 12.1. The average molecular weight is 570 g/mol. The zero-order chi connectivity index (χ0) is 23.5. The molecule has 33 heavy (non-hydrogen) atoms. The first-order chi connectivity index (χ1) is 15.9. The van der Waals surface area contributed by atoms with Crippen LogP contribution in [0.5, 0.6) is 11.5 Å². The molecule has 0 saturated carbocycles. The lowest BCUT2D eigenvalue weighted by atomic mass is 9.89. The lowest BCUT2D eigenvalue weighted by molar-refractivity contribution is 0.0497. The summed E-state index contributed by atoms with van der Waals surface area (Å²) < 4.78 is 13.8. The van der Waals surface area contributed by atoms with E-state index in [0.717, 1.165) is 78.8 Å². The topological polar surface area (TPSA) is 35.5 Å². The van der Waals surface area contributed by atoms with Crippen molar-refractivity contribution >= 4 is 50.0 Å². The van der Waals surface area contributed by atoms with E-state index >= 15 is 0 Å². The average Bonchev–Trinajstić information content (AvgIpc) is 2.80. The Morgan fingerprint density at radius 2 is 1.76 bits per heavy atom. The molecule has 0 saturated heterocycles. The second-order valence-electron chi connectivity index (χ2n) is 8.26. The van der Waals surface area contributed by atoms with Crippen molar-refractivity contribution in [3.63, 3.8) is 0 Å². The third-order valence-electron chi connectivity index (χ3n) is 5.82. The second kappa shape index (κ2) is 10.3. The van der Waals surface area contributed by atoms with Crippen molar-refractivity contribution in [3.05, 3.63) is 90.2 Å². The van der Waals surface area contributed by atoms with Crippen LogP contribution in [0, 0.1) is 6.92 Å². The number of ether oxygens (including phenoxy) is 2. The predicted octanol–water partition coefficient (Wildman–Crippen LogP) is 7.02. The van der Waals surface area contributed by atoms with Gasteiger partial charge in [-0.1, -0.05) is 82.8 Å². The van der Waals surface area contributed by atoms with Gasteiger partial charge in [-0.2, -0.15) is 0 Å². The van der Waals surface area contributed by atoms with Crippen LogP contribution < -0.4 is 15.2 Å². The first-order valence-corrected chi connectivity index (χ1v) is 12.8. The third kappa shape index (κ3) is 4.95. The number of aryl methyl sites for hydroxylation is 1. The number of unbranched alkanes of at least 4 members (excludes halogenated alkanes) is 3. The summed E-state index contributed by atoms with van der Waals surface area (Å²) in [4.78, 5) is 13.1. The molecular weight excluding hydrogens is 544 g/mol. The molecule has 5 heteroatoms. The summed E-state index contributed by atoms with van der Waals surface area (Å²) in [6, 6.07) is 15.6. The monoisotopic (exact) mass is 568 g/mol. The Kier molecular flexibility index (Phi) is 7.40. The molecule has 3 aromatic rings. The highest BCUT2D eigenvalue weighted by Gasteiger charge is 2.25. The van der Waals surface area contributed by atoms with Crippen LogP contribution in [-0.4, -0.2) is 12.6 Å². The van der Waals surface area contributed by atoms with Crippen LogP contribution in [-0.2, 0) is 4.74 Å². The maximum atomic E-state index is 13.1. The molecule has 1 aliphatic heterocycles. The fraction of sp³-hybridized carbons (Fsp3) is 0.250. The van der Waals surface area contributed by atoms with Gasteiger partial charge in [0.05, 0.1) is 12.2 Å². The predicted molar refractivity (Wildman–Crippen MR) is 140 cm³/mol. The van der Waals surface area contributed by atoms with E-state index in [-0.39, 0.29) is 5.97 Å². The number of hydrogen-bond donors (Lipinski definition) is 0. The van der Waals surface area contributed by atoms with E-state index in [4.69, 9.17) is 9.47 Å². The molecule has 0 amide bonds. The molecule has 0 fully saturated rings. The quantitative estimate of drug-likeness (QED) is 0.177. The number of esters is 1. The van der Waals surface area contributed by atoms with E-state index in [0.29, 0.717) is 12.2 Å². The van der Waals surface area contributed by atoms with Crippen molar-refractivity contribution in [2.24, 2.45) is 0 Å². The molecule has 3 aromatic carbocycles. The van der Waals surface area contributed by atoms with Gasteiger partial charge in [-0.15, -0.1) is 0 Å². The van der Waals surface area contributed by atoms with Crippen molar-refractivity contribution in [2.45, 2.75) is 39.5 Å². The van der Waals surface area contributed by atoms with Crippen LogP contribution in [0.15, 0.2) is 57.5 Å². The Labute approximate surface area is 211 Å². The van der Waals surface area contributed by atoms with Gasteiger partial charge in [0.25, 0.3) is 0 Å². The molecule has 3 nitrogen and oxygen atoms in total. The molecule has 0 N–H and O–H groups in total. The molecule has 0 unspecified atom stereocenters. The summed E-state index contributed by atoms with van der Waals surface area (Å²) >= 11 is 7.27. The molecular formula is C28H26Br2O3. The Hall–Kier alpha value is -2.37. The van der Waals surface area contributed by atoms with Gasteiger partial charge in [0, 0.05) is 25.3 Å². The number of carbonyl (C=O) groups excluding carboxylic acids is 1. The van der Waals surface area contributed by atoms with Gasteiger partial charge in [0.1, 0.15) is 11.5 Å². The molecule has 0 bridgehead atoms. The summed E-state index contributed by atoms with van der Waals surface area (Å²) in [6.07, 6.45) is 4.24. The highest BCUT2D eigenvalue weighted by atomic mass is 79.9. The van der Waals surface area contributed by atoms with Crippen LogP contribution in [0.4, 0.5) is 0 Å². The van der Waals surface area contributed by atoms with Gasteiger partial charge in [-0.25, -0.2) is 4.79 Å². The minimum atomic E-state index is -0.303. The van der Waals surface area contributed by atoms with E-state index in [1.807, 2.05) is 49.4 Å². The Bertz CT molecular complexity index is 1330. The largest absolute Gasteiger partial charge is 0.462 e. The number of halogens is 2. The summed E-state index contributed by atoms with van der Waals surface area (Å²) in [5.41, 5.74) is 4.30. The van der Waals surface area contributed by atoms with Gasteiger partial charge >= 0.3 is 5.97 Å². The third-order valence-corrected chi connectivity index (χ3v) is 7.41. The van der Waals surface area contributed by atoms with E-state index in [9.17, 15) is 4.79 Å². The van der Waals surface area contributed by atoms with Crippen LogP contribution >= 0.6 is 31.9 Å². The lowest BCUT2D eigenvalue weighted by Gasteiger charge is -2.23. The summed E-state index contributed by atoms with van der Waals surface area (Å²) in [7, 11) is 0. The van der Waals surface area contributed by atoms with Crippen molar-refractivity contribution in [1.82, 2.24) is 0 Å². The van der Waals surface area contributed by atoms with Crippen LogP contribution in [0.2, 0.25) is 0 Å². The van der Waals surface area contributed by atoms with Gasteiger partial charge in [-0.05, 0) is 60.0 Å². The van der Waals surface area contributed by atoms with E-state index in [1.54, 1.807) is 0 Å². The maximum absolute atomic E-state index is 13.1. The number of hydrogen-bond acceptors (Lipinski definition) is 3. The highest BCUT2D eigenvalue weighted by molar-refractivity contribution is 9.10. The molecule has 1 aliphatic rings. The van der Waals surface area contributed by atoms with Gasteiger partial charge in [0.2, 0.25) is 0 Å². The summed E-state index contributed by atoms with van der Waals surface area (Å²) in [5, 5.41) is 1.74. The smallest absolute Gasteiger partial charge is 0.338 e. The van der Waals surface area contributed by atoms with Crippen molar-refractivity contribution < 1.29 is 14.3 Å². The van der Waals surface area contributed by atoms with E-state index < -0.39 is 0 Å². The minimum absolute atomic E-state index is 0.303. The Balaban J connectivity index is 1.88. The minimum Gasteiger partial charge on any atom is -0.462 e. The summed E-state index contributed by atoms with van der Waals surface area (Å²) in [5.74, 6) is 1.17. The Morgan fingerprint density at radius 3 is 2.55 bits per heavy atom. The van der Waals surface area contributed by atoms with Crippen LogP contribution in [0.25, 0.3) is 12.2 Å². The number of fused-ring (bicyclic) bond motifs is 2. The fourth-order valence-corrected chi connectivity index (χ4v) is 4.70. The van der Waals surface area contributed by atoms with E-state index in [1.165, 1.54) is 0 Å². The zero-order valence-corrected chi connectivity index (χ0v) is 22.0. The first kappa shape index (κ1) is 23.8. The van der Waals surface area contributed by atoms with Crippen molar-refractivity contribution in [2.75, 3.05) is 6.61 Å². The maximum Gasteiger partial charge on any atom is 0.338 e. The highest BCUT2D eigenvalue weighted by Crippen LogP contribution is 2.40. The molecule has 0 aliphatic carbocycles. The van der Waals surface area contributed by atoms with Gasteiger partial charge in [0.15, 0.2) is 0 Å². The molecule has 4 rings (SSSR count). The molecule has 170 valence electrons. The molecule has 0 aromatic heterocycles. The standard InChI is InChI=1S/C28H26Br2O3/c1-4-5-6-9-12-32-28(31)20-11-8-7-10-19(20)27-21-15-23(29)17(2)13-25(21)33-26-14-18(3)24(30)16-22(26)27/h7-8,10-11,13-16H,2,4-6,9,12H2,1,3H3. The number of rotatable bonds is 7. The van der Waals surface area contributed by atoms with E-state index in [2.05, 4.69) is 51.4 Å². The van der Waals surface area contributed by atoms with Crippen molar-refractivity contribution in [3.8, 4) is 11.5 Å². The van der Waals surface area contributed by atoms with Crippen LogP contribution in [0.3, 0.4) is 0 Å². The van der Waals surface area contributed by atoms with Crippen LogP contribution in [0.1, 0.15) is 59.7 Å². The molecule has 0 radical (unpaired) electrons. The molecule has 0 spiro atoms. The Morgan fingerprint density at radius 1 is 0.970 bits per heavy atom. The number of benzene rings is 3. The zero-order valence-electron chi connectivity index (χ0n) is 18.8. The fourth-order valence-electron chi connectivity index (χ4n) is 4.01. The number of carbonyl (C=O) groups is 1. The van der Waals surface area contributed by atoms with Gasteiger partial charge in [-0.3, -0.25) is 0 Å². The molecule has 0 atom stereocenters. The second-order valence-corrected chi connectivity index (χ2v) is 9.97. The first-order valence-electron chi connectivity index (χ1n) is 11.2. The van der Waals surface area contributed by atoms with Gasteiger partial charge < -0.3 is 9.47 Å². The lowest BCUT2D eigenvalue weighted by Crippen LogP contribution is -2.22.